The van der Waals surface area contributed by atoms with Crippen molar-refractivity contribution < 1.29 is 4.79 Å². The molecule has 29 heavy (non-hydrogen) atoms. The lowest BCUT2D eigenvalue weighted by Gasteiger charge is -2.24. The molecule has 0 fully saturated rings. The Balaban J connectivity index is 1.68. The van der Waals surface area contributed by atoms with E-state index in [-0.39, 0.29) is 12.5 Å². The molecule has 0 saturated heterocycles. The van der Waals surface area contributed by atoms with Crippen molar-refractivity contribution in [1.29, 1.82) is 0 Å². The fourth-order valence-electron chi connectivity index (χ4n) is 3.46. The number of hydrogen-bond donors (Lipinski definition) is 0. The fourth-order valence-corrected chi connectivity index (χ4v) is 3.94. The van der Waals surface area contributed by atoms with Crippen molar-refractivity contribution in [2.24, 2.45) is 0 Å². The summed E-state index contributed by atoms with van der Waals surface area (Å²) in [6.45, 7) is 0.798. The summed E-state index contributed by atoms with van der Waals surface area (Å²) in [6, 6.07) is 28.0. The topological polar surface area (TPSA) is 38.1 Å². The molecule has 3 aromatic carbocycles. The Morgan fingerprint density at radius 1 is 0.931 bits per heavy atom. The molecule has 0 N–H and O–H groups in total. The van der Waals surface area contributed by atoms with Crippen LogP contribution in [-0.4, -0.2) is 21.7 Å². The van der Waals surface area contributed by atoms with Crippen LogP contribution in [0.2, 0.25) is 0 Å². The van der Waals surface area contributed by atoms with Crippen LogP contribution < -0.4 is 4.90 Å². The summed E-state index contributed by atoms with van der Waals surface area (Å²) in [6.07, 6.45) is 2.05. The number of carbonyl (C=O) groups is 1. The SMILES string of the molecule is CSCc1nc2ccccc2n1CC(=O)N(Cc1ccccc1)c1ccccc1. The number of imidazole rings is 1. The number of hydrogen-bond acceptors (Lipinski definition) is 3. The van der Waals surface area contributed by atoms with Crippen molar-refractivity contribution in [3.05, 3.63) is 96.3 Å². The Morgan fingerprint density at radius 2 is 1.59 bits per heavy atom. The number of aromatic nitrogens is 2. The molecule has 0 atom stereocenters. The second kappa shape index (κ2) is 8.97. The van der Waals surface area contributed by atoms with Gasteiger partial charge in [0.2, 0.25) is 5.91 Å². The van der Waals surface area contributed by atoms with E-state index in [2.05, 4.69) is 23.0 Å². The molecule has 1 aromatic heterocycles. The van der Waals surface area contributed by atoms with Crippen LogP contribution in [0.3, 0.4) is 0 Å². The van der Waals surface area contributed by atoms with Gasteiger partial charge >= 0.3 is 0 Å². The molecule has 0 aliphatic rings. The van der Waals surface area contributed by atoms with Crippen LogP contribution in [0.15, 0.2) is 84.9 Å². The minimum Gasteiger partial charge on any atom is -0.318 e. The summed E-state index contributed by atoms with van der Waals surface area (Å²) in [4.78, 5) is 20.1. The van der Waals surface area contributed by atoms with Gasteiger partial charge in [0.25, 0.3) is 0 Å². The molecule has 0 aliphatic carbocycles. The van der Waals surface area contributed by atoms with Crippen LogP contribution in [0.4, 0.5) is 5.69 Å². The Labute approximate surface area is 175 Å². The highest BCUT2D eigenvalue weighted by Gasteiger charge is 2.20. The molecule has 1 heterocycles. The van der Waals surface area contributed by atoms with E-state index >= 15 is 0 Å². The fraction of sp³-hybridized carbons (Fsp3) is 0.167. The van der Waals surface area contributed by atoms with Gasteiger partial charge in [0.15, 0.2) is 0 Å². The molecular formula is C24H23N3OS. The van der Waals surface area contributed by atoms with Crippen LogP contribution in [0, 0.1) is 0 Å². The van der Waals surface area contributed by atoms with Crippen molar-refractivity contribution in [2.45, 2.75) is 18.8 Å². The monoisotopic (exact) mass is 401 g/mol. The highest BCUT2D eigenvalue weighted by Crippen LogP contribution is 2.22. The zero-order chi connectivity index (χ0) is 20.1. The molecule has 5 heteroatoms. The van der Waals surface area contributed by atoms with E-state index in [1.807, 2.05) is 77.7 Å². The van der Waals surface area contributed by atoms with E-state index in [0.717, 1.165) is 33.9 Å². The summed E-state index contributed by atoms with van der Waals surface area (Å²) in [5.74, 6) is 1.75. The average Bonchev–Trinajstić information content (AvgIpc) is 3.11. The van der Waals surface area contributed by atoms with Gasteiger partial charge in [-0.2, -0.15) is 11.8 Å². The standard InChI is InChI=1S/C24H23N3OS/c1-29-18-23-25-21-14-8-9-15-22(21)27(23)17-24(28)26(20-12-6-3-7-13-20)16-19-10-4-2-5-11-19/h2-15H,16-18H2,1H3. The van der Waals surface area contributed by atoms with Crippen LogP contribution in [0.25, 0.3) is 11.0 Å². The van der Waals surface area contributed by atoms with Gasteiger partial charge in [-0.05, 0) is 36.1 Å². The lowest BCUT2D eigenvalue weighted by atomic mass is 10.2. The van der Waals surface area contributed by atoms with Crippen molar-refractivity contribution in [3.8, 4) is 0 Å². The summed E-state index contributed by atoms with van der Waals surface area (Å²) < 4.78 is 2.05. The number of amides is 1. The predicted molar refractivity (Wildman–Crippen MR) is 121 cm³/mol. The summed E-state index contributed by atoms with van der Waals surface area (Å²) >= 11 is 1.71. The highest BCUT2D eigenvalue weighted by atomic mass is 32.2. The van der Waals surface area contributed by atoms with E-state index in [1.54, 1.807) is 11.8 Å². The van der Waals surface area contributed by atoms with E-state index in [9.17, 15) is 4.79 Å². The Bertz CT molecular complexity index is 1090. The summed E-state index contributed by atoms with van der Waals surface area (Å²) in [5, 5.41) is 0. The number of thioether (sulfide) groups is 1. The van der Waals surface area contributed by atoms with E-state index in [4.69, 9.17) is 4.98 Å². The number of benzene rings is 3. The Morgan fingerprint density at radius 3 is 2.31 bits per heavy atom. The molecule has 4 aromatic rings. The van der Waals surface area contributed by atoms with Crippen LogP contribution >= 0.6 is 11.8 Å². The zero-order valence-electron chi connectivity index (χ0n) is 16.4. The molecule has 0 radical (unpaired) electrons. The number of para-hydroxylation sites is 3. The third-order valence-corrected chi connectivity index (χ3v) is 5.40. The van der Waals surface area contributed by atoms with E-state index in [1.165, 1.54) is 0 Å². The normalized spacial score (nSPS) is 10.9. The largest absolute Gasteiger partial charge is 0.318 e. The zero-order valence-corrected chi connectivity index (χ0v) is 17.2. The van der Waals surface area contributed by atoms with Crippen molar-refractivity contribution in [3.63, 3.8) is 0 Å². The van der Waals surface area contributed by atoms with Gasteiger partial charge in [-0.15, -0.1) is 0 Å². The maximum atomic E-state index is 13.5. The molecule has 4 nitrogen and oxygen atoms in total. The second-order valence-corrected chi connectivity index (χ2v) is 7.70. The number of anilines is 1. The summed E-state index contributed by atoms with van der Waals surface area (Å²) in [5.41, 5.74) is 3.93. The smallest absolute Gasteiger partial charge is 0.247 e. The first-order valence-electron chi connectivity index (χ1n) is 9.58. The minimum absolute atomic E-state index is 0.0468. The van der Waals surface area contributed by atoms with Crippen molar-refractivity contribution >= 4 is 34.4 Å². The van der Waals surface area contributed by atoms with Gasteiger partial charge in [-0.1, -0.05) is 60.7 Å². The van der Waals surface area contributed by atoms with Crippen molar-refractivity contribution in [1.82, 2.24) is 9.55 Å². The highest BCUT2D eigenvalue weighted by molar-refractivity contribution is 7.97. The molecule has 0 bridgehead atoms. The quantitative estimate of drug-likeness (QED) is 0.431. The third kappa shape index (κ3) is 4.35. The first-order chi connectivity index (χ1) is 14.3. The molecule has 1 amide bonds. The lowest BCUT2D eigenvalue weighted by molar-refractivity contribution is -0.119. The van der Waals surface area contributed by atoms with Gasteiger partial charge < -0.3 is 9.47 Å². The van der Waals surface area contributed by atoms with Gasteiger partial charge in [-0.25, -0.2) is 4.98 Å². The molecule has 0 spiro atoms. The molecule has 0 aliphatic heterocycles. The molecule has 0 unspecified atom stereocenters. The number of carbonyl (C=O) groups excluding carboxylic acids is 1. The van der Waals surface area contributed by atoms with Gasteiger partial charge in [0.1, 0.15) is 12.4 Å². The first kappa shape index (κ1) is 19.3. The molecular weight excluding hydrogens is 378 g/mol. The van der Waals surface area contributed by atoms with Gasteiger partial charge in [0, 0.05) is 5.69 Å². The third-order valence-electron chi connectivity index (χ3n) is 4.85. The molecule has 4 rings (SSSR count). The van der Waals surface area contributed by atoms with Crippen LogP contribution in [0.5, 0.6) is 0 Å². The number of nitrogens with zero attached hydrogens (tertiary/aromatic N) is 3. The van der Waals surface area contributed by atoms with Crippen molar-refractivity contribution in [2.75, 3.05) is 11.2 Å². The predicted octanol–water partition coefficient (Wildman–Crippen LogP) is 5.13. The van der Waals surface area contributed by atoms with E-state index in [0.29, 0.717) is 6.54 Å². The molecule has 146 valence electrons. The van der Waals surface area contributed by atoms with Gasteiger partial charge in [0.05, 0.1) is 23.3 Å². The molecule has 0 saturated carbocycles. The minimum atomic E-state index is 0.0468. The van der Waals surface area contributed by atoms with E-state index < -0.39 is 0 Å². The van der Waals surface area contributed by atoms with Gasteiger partial charge in [-0.3, -0.25) is 4.79 Å². The number of rotatable bonds is 7. The Hall–Kier alpha value is -3.05. The lowest BCUT2D eigenvalue weighted by Crippen LogP contribution is -2.33. The maximum absolute atomic E-state index is 13.5. The maximum Gasteiger partial charge on any atom is 0.247 e. The second-order valence-electron chi connectivity index (χ2n) is 6.84. The number of fused-ring (bicyclic) bond motifs is 1. The van der Waals surface area contributed by atoms with Crippen LogP contribution in [0.1, 0.15) is 11.4 Å². The first-order valence-corrected chi connectivity index (χ1v) is 11.0. The summed E-state index contributed by atoms with van der Waals surface area (Å²) in [7, 11) is 0. The van der Waals surface area contributed by atoms with Crippen LogP contribution in [-0.2, 0) is 23.6 Å². The Kier molecular flexibility index (Phi) is 5.96. The average molecular weight is 402 g/mol.